The summed E-state index contributed by atoms with van der Waals surface area (Å²) in [5, 5.41) is 3.67. The van der Waals surface area contributed by atoms with Crippen LogP contribution < -0.4 is 25.4 Å². The lowest BCUT2D eigenvalue weighted by Crippen LogP contribution is -2.42. The molecule has 0 aliphatic heterocycles. The Morgan fingerprint density at radius 2 is 1.23 bits per heavy atom. The Morgan fingerprint density at radius 3 is 1.72 bits per heavy atom. The molecule has 0 unspecified atom stereocenters. The van der Waals surface area contributed by atoms with E-state index >= 15 is 0 Å². The molecular weight excluding hydrogens is 517 g/mol. The average Bonchev–Trinajstić information content (AvgIpc) is 2.92. The Kier molecular flexibility index (Phi) is 9.43. The van der Waals surface area contributed by atoms with E-state index in [1.807, 2.05) is 39.0 Å². The normalized spacial score (nSPS) is 13.7. The molecule has 0 amide bonds. The van der Waals surface area contributed by atoms with Gasteiger partial charge in [-0.15, -0.1) is 0 Å². The lowest BCUT2D eigenvalue weighted by molar-refractivity contribution is 0.299. The van der Waals surface area contributed by atoms with Crippen molar-refractivity contribution in [1.29, 1.82) is 0 Å². The molecule has 4 aromatic rings. The molecule has 0 aliphatic carbocycles. The molecule has 0 aromatic heterocycles. The second kappa shape index (κ2) is 12.6. The molecule has 4 rings (SSSR count). The van der Waals surface area contributed by atoms with E-state index in [1.54, 1.807) is 0 Å². The third-order valence-electron chi connectivity index (χ3n) is 6.48. The lowest BCUT2D eigenvalue weighted by atomic mass is 9.83. The van der Waals surface area contributed by atoms with Gasteiger partial charge in [0.05, 0.1) is 21.8 Å². The average molecular weight is 558 g/mol. The first kappa shape index (κ1) is 29.2. The second-order valence-corrected chi connectivity index (χ2v) is 15.9. The van der Waals surface area contributed by atoms with E-state index in [9.17, 15) is 4.21 Å². The van der Waals surface area contributed by atoms with Crippen LogP contribution in [0.3, 0.4) is 0 Å². The maximum atomic E-state index is 13.5. The fourth-order valence-corrected chi connectivity index (χ4v) is 8.04. The van der Waals surface area contributed by atoms with E-state index in [4.69, 9.17) is 4.74 Å². The molecule has 0 spiro atoms. The first-order chi connectivity index (χ1) is 18.6. The van der Waals surface area contributed by atoms with Gasteiger partial charge in [0.1, 0.15) is 12.4 Å². The maximum Gasteiger partial charge on any atom is 0.128 e. The van der Waals surface area contributed by atoms with Crippen LogP contribution in [0.2, 0.25) is 0 Å². The summed E-state index contributed by atoms with van der Waals surface area (Å²) in [6, 6.07) is 37.9. The monoisotopic (exact) mass is 557 g/mol. The van der Waals surface area contributed by atoms with Gasteiger partial charge in [0.15, 0.2) is 0 Å². The Labute approximate surface area is 238 Å². The first-order valence-electron chi connectivity index (χ1n) is 13.4. The van der Waals surface area contributed by atoms with E-state index in [0.29, 0.717) is 6.61 Å². The highest BCUT2D eigenvalue weighted by atomic mass is 32.2. The molecule has 39 heavy (non-hydrogen) atoms. The summed E-state index contributed by atoms with van der Waals surface area (Å²) in [6.45, 7) is 13.1. The van der Waals surface area contributed by atoms with Crippen LogP contribution in [0.15, 0.2) is 109 Å². The van der Waals surface area contributed by atoms with Crippen molar-refractivity contribution in [3.05, 3.63) is 120 Å². The Bertz CT molecular complexity index is 1320. The van der Waals surface area contributed by atoms with Crippen molar-refractivity contribution in [2.45, 2.75) is 58.9 Å². The molecule has 0 radical (unpaired) electrons. The highest BCUT2D eigenvalue weighted by molar-refractivity contribution is 7.84. The number of hydrogen-bond donors (Lipinski definition) is 1. The zero-order chi connectivity index (χ0) is 28.0. The zero-order valence-electron chi connectivity index (χ0n) is 23.8. The molecule has 0 fully saturated rings. The minimum absolute atomic E-state index is 0.162. The summed E-state index contributed by atoms with van der Waals surface area (Å²) >= 11 is 0. The second-order valence-electron chi connectivity index (χ2n) is 11.8. The van der Waals surface area contributed by atoms with E-state index in [2.05, 4.69) is 116 Å². The number of benzene rings is 4. The van der Waals surface area contributed by atoms with E-state index < -0.39 is 23.7 Å². The highest BCUT2D eigenvalue weighted by Gasteiger charge is 2.35. The smallest absolute Gasteiger partial charge is 0.128 e. The van der Waals surface area contributed by atoms with E-state index in [-0.39, 0.29) is 11.5 Å². The van der Waals surface area contributed by atoms with Crippen LogP contribution in [0.4, 0.5) is 0 Å². The molecule has 2 atom stereocenters. The van der Waals surface area contributed by atoms with Gasteiger partial charge >= 0.3 is 0 Å². The molecular formula is C34H40NO2PS. The lowest BCUT2D eigenvalue weighted by Gasteiger charge is -2.37. The van der Waals surface area contributed by atoms with Crippen LogP contribution in [-0.4, -0.2) is 8.96 Å². The largest absolute Gasteiger partial charge is 0.488 e. The highest BCUT2D eigenvalue weighted by Crippen LogP contribution is 2.43. The molecule has 204 valence electrons. The van der Waals surface area contributed by atoms with Crippen LogP contribution in [0.25, 0.3) is 0 Å². The molecule has 3 nitrogen and oxygen atoms in total. The standard InChI is InChI=1S/C34H40NO2PS/c1-33(2,3)32(35-39(36)34(4,5)6)29-23-16-24-30(37-25-26-17-10-7-11-18-26)31(29)38(27-19-12-8-13-20-27)28-21-14-9-15-22-28/h7-24,32,35H,25H2,1-6H3/t32-,39+/m0/s1. The summed E-state index contributed by atoms with van der Waals surface area (Å²) in [5.74, 6) is 0.868. The predicted molar refractivity (Wildman–Crippen MR) is 169 cm³/mol. The van der Waals surface area contributed by atoms with Crippen molar-refractivity contribution in [3.8, 4) is 5.75 Å². The van der Waals surface area contributed by atoms with Gasteiger partial charge in [0.25, 0.3) is 0 Å². The van der Waals surface area contributed by atoms with Gasteiger partial charge in [-0.05, 0) is 61.9 Å². The third-order valence-corrected chi connectivity index (χ3v) is 10.6. The zero-order valence-corrected chi connectivity index (χ0v) is 25.6. The van der Waals surface area contributed by atoms with Crippen molar-refractivity contribution < 1.29 is 8.95 Å². The molecule has 0 saturated heterocycles. The predicted octanol–water partition coefficient (Wildman–Crippen LogP) is 7.16. The van der Waals surface area contributed by atoms with Crippen molar-refractivity contribution >= 4 is 34.8 Å². The van der Waals surface area contributed by atoms with Crippen LogP contribution in [0, 0.1) is 5.41 Å². The molecule has 4 aromatic carbocycles. The van der Waals surface area contributed by atoms with Gasteiger partial charge < -0.3 is 4.74 Å². The van der Waals surface area contributed by atoms with Crippen molar-refractivity contribution in [3.63, 3.8) is 0 Å². The third kappa shape index (κ3) is 7.45. The molecule has 5 heteroatoms. The Balaban J connectivity index is 1.94. The quantitative estimate of drug-likeness (QED) is 0.222. The van der Waals surface area contributed by atoms with E-state index in [0.717, 1.165) is 16.9 Å². The van der Waals surface area contributed by atoms with Crippen molar-refractivity contribution in [1.82, 2.24) is 4.72 Å². The minimum atomic E-state index is -1.25. The van der Waals surface area contributed by atoms with Gasteiger partial charge in [-0.3, -0.25) is 0 Å². The van der Waals surface area contributed by atoms with Crippen LogP contribution in [-0.2, 0) is 17.6 Å². The summed E-state index contributed by atoms with van der Waals surface area (Å²) in [4.78, 5) is 0. The molecule has 0 bridgehead atoms. The fraction of sp³-hybridized carbons (Fsp3) is 0.294. The Hall–Kier alpha value is -2.78. The summed E-state index contributed by atoms with van der Waals surface area (Å²) in [6.07, 6.45) is 0. The Morgan fingerprint density at radius 1 is 0.718 bits per heavy atom. The maximum absolute atomic E-state index is 13.5. The number of hydrogen-bond acceptors (Lipinski definition) is 2. The van der Waals surface area contributed by atoms with Crippen molar-refractivity contribution in [2.24, 2.45) is 5.41 Å². The number of rotatable bonds is 9. The van der Waals surface area contributed by atoms with Gasteiger partial charge in [0, 0.05) is 5.30 Å². The number of nitrogens with one attached hydrogen (secondary N) is 1. The summed E-state index contributed by atoms with van der Waals surface area (Å²) in [7, 11) is -2.21. The van der Waals surface area contributed by atoms with Crippen LogP contribution in [0.1, 0.15) is 58.7 Å². The van der Waals surface area contributed by atoms with E-state index in [1.165, 1.54) is 15.9 Å². The van der Waals surface area contributed by atoms with Gasteiger partial charge in [0.2, 0.25) is 0 Å². The van der Waals surface area contributed by atoms with Gasteiger partial charge in [-0.2, -0.15) is 0 Å². The summed E-state index contributed by atoms with van der Waals surface area (Å²) < 4.78 is 23.3. The van der Waals surface area contributed by atoms with Crippen LogP contribution >= 0.6 is 7.92 Å². The number of ether oxygens (including phenoxy) is 1. The first-order valence-corrected chi connectivity index (χ1v) is 15.9. The molecule has 0 heterocycles. The minimum Gasteiger partial charge on any atom is -0.488 e. The topological polar surface area (TPSA) is 38.3 Å². The SMILES string of the molecule is CC(C)(C)[C@@H](N[S@](=O)C(C)(C)C)c1cccc(OCc2ccccc2)c1P(c1ccccc1)c1ccccc1. The summed E-state index contributed by atoms with van der Waals surface area (Å²) in [5.41, 5.74) is 2.05. The molecule has 0 aliphatic rings. The van der Waals surface area contributed by atoms with Gasteiger partial charge in [-0.25, -0.2) is 8.93 Å². The molecule has 0 saturated carbocycles. The fourth-order valence-electron chi connectivity index (χ4n) is 4.42. The van der Waals surface area contributed by atoms with Gasteiger partial charge in [-0.1, -0.05) is 124 Å². The van der Waals surface area contributed by atoms with Crippen molar-refractivity contribution in [2.75, 3.05) is 0 Å². The van der Waals surface area contributed by atoms with Crippen LogP contribution in [0.5, 0.6) is 5.75 Å². The molecule has 1 N–H and O–H groups in total.